The maximum Gasteiger partial charge on any atom is 0.227 e. The van der Waals surface area contributed by atoms with Gasteiger partial charge in [0.2, 0.25) is 5.91 Å². The minimum atomic E-state index is -0.327. The second-order valence-electron chi connectivity index (χ2n) is 4.32. The van der Waals surface area contributed by atoms with Crippen molar-refractivity contribution in [1.82, 2.24) is 10.6 Å². The smallest absolute Gasteiger partial charge is 0.227 e. The number of nitrogens with one attached hydrogen (secondary N) is 2. The highest BCUT2D eigenvalue weighted by molar-refractivity contribution is 5.83. The normalized spacial score (nSPS) is 12.2. The lowest BCUT2D eigenvalue weighted by atomic mass is 10.0. The van der Waals surface area contributed by atoms with Gasteiger partial charge in [-0.25, -0.2) is 4.39 Å². The summed E-state index contributed by atoms with van der Waals surface area (Å²) in [5.41, 5.74) is 0.703. The number of carbonyl (C=O) groups excluding carboxylic acids is 1. The molecular weight excluding hydrogens is 231 g/mol. The first-order valence-electron chi connectivity index (χ1n) is 6.39. The zero-order valence-corrected chi connectivity index (χ0v) is 11.0. The second-order valence-corrected chi connectivity index (χ2v) is 4.32. The molecule has 0 radical (unpaired) electrons. The predicted octanol–water partition coefficient (Wildman–Crippen LogP) is 2.04. The van der Waals surface area contributed by atoms with Crippen molar-refractivity contribution < 1.29 is 9.18 Å². The molecule has 18 heavy (non-hydrogen) atoms. The summed E-state index contributed by atoms with van der Waals surface area (Å²) in [4.78, 5) is 11.8. The van der Waals surface area contributed by atoms with Crippen molar-refractivity contribution in [2.24, 2.45) is 0 Å². The van der Waals surface area contributed by atoms with Gasteiger partial charge < -0.3 is 10.6 Å². The number of carbonyl (C=O) groups is 1. The molecule has 1 atom stereocenters. The summed E-state index contributed by atoms with van der Waals surface area (Å²) in [6, 6.07) is 6.17. The number of hydrogen-bond donors (Lipinski definition) is 2. The number of amides is 1. The molecular formula is C14H21FN2O. The van der Waals surface area contributed by atoms with Crippen LogP contribution in [0.25, 0.3) is 0 Å². The van der Waals surface area contributed by atoms with E-state index in [9.17, 15) is 9.18 Å². The minimum Gasteiger partial charge on any atom is -0.354 e. The van der Waals surface area contributed by atoms with Gasteiger partial charge in [-0.3, -0.25) is 4.79 Å². The Morgan fingerprint density at radius 1 is 1.33 bits per heavy atom. The lowest BCUT2D eigenvalue weighted by molar-refractivity contribution is -0.122. The molecule has 1 amide bonds. The highest BCUT2D eigenvalue weighted by atomic mass is 19.1. The topological polar surface area (TPSA) is 41.1 Å². The van der Waals surface area contributed by atoms with Crippen LogP contribution in [0.5, 0.6) is 0 Å². The van der Waals surface area contributed by atoms with Crippen LogP contribution in [0.1, 0.15) is 31.7 Å². The van der Waals surface area contributed by atoms with Crippen molar-refractivity contribution in [2.45, 2.75) is 26.2 Å². The summed E-state index contributed by atoms with van der Waals surface area (Å²) in [5, 5.41) is 6.04. The molecule has 0 aliphatic heterocycles. The summed E-state index contributed by atoms with van der Waals surface area (Å²) in [7, 11) is 0. The SMILES string of the molecule is CCCNCCNC(=O)C(C)c1cccc(F)c1. The van der Waals surface area contributed by atoms with E-state index in [1.54, 1.807) is 19.1 Å². The number of rotatable bonds is 7. The predicted molar refractivity (Wildman–Crippen MR) is 71.0 cm³/mol. The Hall–Kier alpha value is -1.42. The first-order valence-corrected chi connectivity index (χ1v) is 6.39. The Bertz CT molecular complexity index is 382. The van der Waals surface area contributed by atoms with Crippen LogP contribution < -0.4 is 10.6 Å². The van der Waals surface area contributed by atoms with Crippen molar-refractivity contribution in [2.75, 3.05) is 19.6 Å². The maximum absolute atomic E-state index is 13.0. The van der Waals surface area contributed by atoms with Gasteiger partial charge in [0.1, 0.15) is 5.82 Å². The standard InChI is InChI=1S/C14H21FN2O/c1-3-7-16-8-9-17-14(18)11(2)12-5-4-6-13(15)10-12/h4-6,10-11,16H,3,7-9H2,1-2H3,(H,17,18). The van der Waals surface area contributed by atoms with Crippen LogP contribution in [-0.2, 0) is 4.79 Å². The molecule has 0 saturated heterocycles. The second kappa shape index (κ2) is 7.82. The lowest BCUT2D eigenvalue weighted by Gasteiger charge is -2.12. The van der Waals surface area contributed by atoms with E-state index in [-0.39, 0.29) is 17.6 Å². The molecule has 0 spiro atoms. The Morgan fingerprint density at radius 3 is 2.78 bits per heavy atom. The third-order valence-corrected chi connectivity index (χ3v) is 2.77. The van der Waals surface area contributed by atoms with Crippen LogP contribution in [0.3, 0.4) is 0 Å². The Kier molecular flexibility index (Phi) is 6.36. The third kappa shape index (κ3) is 4.84. The molecule has 1 unspecified atom stereocenters. The third-order valence-electron chi connectivity index (χ3n) is 2.77. The van der Waals surface area contributed by atoms with Gasteiger partial charge in [-0.15, -0.1) is 0 Å². The highest BCUT2D eigenvalue weighted by Gasteiger charge is 2.14. The molecule has 1 rings (SSSR count). The summed E-state index contributed by atoms with van der Waals surface area (Å²) in [6.07, 6.45) is 1.08. The Labute approximate surface area is 108 Å². The highest BCUT2D eigenvalue weighted by Crippen LogP contribution is 2.15. The van der Waals surface area contributed by atoms with Crippen molar-refractivity contribution in [1.29, 1.82) is 0 Å². The van der Waals surface area contributed by atoms with E-state index in [1.165, 1.54) is 12.1 Å². The maximum atomic E-state index is 13.0. The van der Waals surface area contributed by atoms with Gasteiger partial charge >= 0.3 is 0 Å². The first kappa shape index (κ1) is 14.6. The summed E-state index contributed by atoms with van der Waals surface area (Å²) in [6.45, 7) is 6.18. The fourth-order valence-corrected chi connectivity index (χ4v) is 1.66. The van der Waals surface area contributed by atoms with E-state index in [4.69, 9.17) is 0 Å². The minimum absolute atomic E-state index is 0.0705. The molecule has 3 nitrogen and oxygen atoms in total. The molecule has 2 N–H and O–H groups in total. The Morgan fingerprint density at radius 2 is 2.11 bits per heavy atom. The molecule has 100 valence electrons. The van der Waals surface area contributed by atoms with Crippen LogP contribution in [0.15, 0.2) is 24.3 Å². The number of benzene rings is 1. The molecule has 0 heterocycles. The van der Waals surface area contributed by atoms with E-state index < -0.39 is 0 Å². The van der Waals surface area contributed by atoms with Gasteiger partial charge in [-0.2, -0.15) is 0 Å². The average molecular weight is 252 g/mol. The van der Waals surface area contributed by atoms with E-state index in [2.05, 4.69) is 17.6 Å². The van der Waals surface area contributed by atoms with Crippen LogP contribution in [0, 0.1) is 5.82 Å². The van der Waals surface area contributed by atoms with Crippen LogP contribution >= 0.6 is 0 Å². The van der Waals surface area contributed by atoms with Crippen molar-refractivity contribution >= 4 is 5.91 Å². The monoisotopic (exact) mass is 252 g/mol. The fraction of sp³-hybridized carbons (Fsp3) is 0.500. The number of halogens is 1. The van der Waals surface area contributed by atoms with Crippen LogP contribution in [-0.4, -0.2) is 25.5 Å². The summed E-state index contributed by atoms with van der Waals surface area (Å²) >= 11 is 0. The van der Waals surface area contributed by atoms with Crippen LogP contribution in [0.4, 0.5) is 4.39 Å². The lowest BCUT2D eigenvalue weighted by Crippen LogP contribution is -2.34. The van der Waals surface area contributed by atoms with Gasteiger partial charge in [-0.05, 0) is 37.6 Å². The zero-order valence-electron chi connectivity index (χ0n) is 11.0. The fourth-order valence-electron chi connectivity index (χ4n) is 1.66. The quantitative estimate of drug-likeness (QED) is 0.729. The van der Waals surface area contributed by atoms with Gasteiger partial charge in [0.15, 0.2) is 0 Å². The van der Waals surface area contributed by atoms with Gasteiger partial charge in [-0.1, -0.05) is 19.1 Å². The molecule has 0 aliphatic rings. The molecule has 0 bridgehead atoms. The largest absolute Gasteiger partial charge is 0.354 e. The zero-order chi connectivity index (χ0) is 13.4. The summed E-state index contributed by atoms with van der Waals surface area (Å²) in [5.74, 6) is -0.706. The van der Waals surface area contributed by atoms with Crippen LogP contribution in [0.2, 0.25) is 0 Å². The first-order chi connectivity index (χ1) is 8.65. The van der Waals surface area contributed by atoms with Crippen molar-refractivity contribution in [3.63, 3.8) is 0 Å². The van der Waals surface area contributed by atoms with Gasteiger partial charge in [0.05, 0.1) is 5.92 Å². The van der Waals surface area contributed by atoms with Gasteiger partial charge in [0.25, 0.3) is 0 Å². The van der Waals surface area contributed by atoms with E-state index in [0.29, 0.717) is 12.1 Å². The van der Waals surface area contributed by atoms with E-state index in [1.807, 2.05) is 0 Å². The molecule has 4 heteroatoms. The molecule has 1 aromatic rings. The molecule has 0 aromatic heterocycles. The molecule has 0 saturated carbocycles. The van der Waals surface area contributed by atoms with Crippen molar-refractivity contribution in [3.05, 3.63) is 35.6 Å². The van der Waals surface area contributed by atoms with Crippen molar-refractivity contribution in [3.8, 4) is 0 Å². The average Bonchev–Trinajstić information content (AvgIpc) is 2.37. The molecule has 0 aliphatic carbocycles. The van der Waals surface area contributed by atoms with Gasteiger partial charge in [0, 0.05) is 13.1 Å². The van der Waals surface area contributed by atoms with E-state index >= 15 is 0 Å². The van der Waals surface area contributed by atoms with E-state index in [0.717, 1.165) is 19.5 Å². The summed E-state index contributed by atoms with van der Waals surface area (Å²) < 4.78 is 13.0. The Balaban J connectivity index is 2.37. The molecule has 0 fully saturated rings. The molecule has 1 aromatic carbocycles. The number of hydrogen-bond acceptors (Lipinski definition) is 2.